The summed E-state index contributed by atoms with van der Waals surface area (Å²) in [5, 5.41) is 0. The molecule has 0 spiro atoms. The van der Waals surface area contributed by atoms with Crippen molar-refractivity contribution in [1.82, 2.24) is 4.90 Å². The van der Waals surface area contributed by atoms with Gasteiger partial charge in [-0.1, -0.05) is 42.7 Å². The number of nitrogens with zero attached hydrogens (tertiary/aromatic N) is 1. The molecule has 1 aliphatic heterocycles. The maximum Gasteiger partial charge on any atom is 0.233 e. The quantitative estimate of drug-likeness (QED) is 0.909. The van der Waals surface area contributed by atoms with Crippen LogP contribution in [0.1, 0.15) is 49.7 Å². The Balaban J connectivity index is 0.00000176. The van der Waals surface area contributed by atoms with Crippen LogP contribution >= 0.6 is 12.4 Å². The monoisotopic (exact) mass is 322 g/mol. The van der Waals surface area contributed by atoms with E-state index in [1.54, 1.807) is 0 Å². The zero-order valence-electron chi connectivity index (χ0n) is 13.4. The molecule has 2 N–H and O–H groups in total. The van der Waals surface area contributed by atoms with Gasteiger partial charge in [-0.15, -0.1) is 12.4 Å². The van der Waals surface area contributed by atoms with E-state index in [-0.39, 0.29) is 23.9 Å². The number of hydrogen-bond donors (Lipinski definition) is 1. The normalized spacial score (nSPS) is 21.5. The second-order valence-electron chi connectivity index (χ2n) is 6.79. The summed E-state index contributed by atoms with van der Waals surface area (Å²) in [6, 6.07) is 8.82. The molecule has 0 aromatic heterocycles. The smallest absolute Gasteiger partial charge is 0.233 e. The first kappa shape index (κ1) is 17.3. The number of aryl methyl sites for hydroxylation is 1. The van der Waals surface area contributed by atoms with Gasteiger partial charge in [0.25, 0.3) is 0 Å². The van der Waals surface area contributed by atoms with Gasteiger partial charge in [0.1, 0.15) is 0 Å². The van der Waals surface area contributed by atoms with Gasteiger partial charge in [0, 0.05) is 19.1 Å². The molecule has 1 aromatic rings. The number of carbonyl (C=O) groups excluding carboxylic acids is 1. The lowest BCUT2D eigenvalue weighted by Crippen LogP contribution is -2.50. The molecule has 122 valence electrons. The van der Waals surface area contributed by atoms with Gasteiger partial charge < -0.3 is 10.6 Å². The Morgan fingerprint density at radius 1 is 1.23 bits per heavy atom. The van der Waals surface area contributed by atoms with Gasteiger partial charge in [-0.25, -0.2) is 0 Å². The highest BCUT2D eigenvalue weighted by atomic mass is 35.5. The zero-order chi connectivity index (χ0) is 14.9. The number of halogens is 1. The summed E-state index contributed by atoms with van der Waals surface area (Å²) in [6.45, 7) is 3.76. The minimum Gasteiger partial charge on any atom is -0.342 e. The Morgan fingerprint density at radius 2 is 1.86 bits per heavy atom. The van der Waals surface area contributed by atoms with E-state index in [1.807, 2.05) is 0 Å². The van der Waals surface area contributed by atoms with Crippen LogP contribution in [0.4, 0.5) is 0 Å². The van der Waals surface area contributed by atoms with E-state index in [9.17, 15) is 4.79 Å². The second kappa shape index (κ2) is 7.01. The van der Waals surface area contributed by atoms with Crippen molar-refractivity contribution in [2.24, 2.45) is 5.73 Å². The summed E-state index contributed by atoms with van der Waals surface area (Å²) in [7, 11) is 0. The van der Waals surface area contributed by atoms with E-state index in [4.69, 9.17) is 5.73 Å². The Labute approximate surface area is 139 Å². The molecular weight excluding hydrogens is 296 g/mol. The van der Waals surface area contributed by atoms with Crippen LogP contribution in [0.25, 0.3) is 0 Å². The molecule has 3 rings (SSSR count). The Bertz CT molecular complexity index is 518. The molecule has 0 unspecified atom stereocenters. The van der Waals surface area contributed by atoms with Crippen LogP contribution in [0, 0.1) is 6.92 Å². The maximum absolute atomic E-state index is 13.2. The van der Waals surface area contributed by atoms with Gasteiger partial charge in [-0.2, -0.15) is 0 Å². The fourth-order valence-electron chi connectivity index (χ4n) is 3.95. The molecule has 1 heterocycles. The highest BCUT2D eigenvalue weighted by Crippen LogP contribution is 2.43. The van der Waals surface area contributed by atoms with Gasteiger partial charge >= 0.3 is 0 Å². The molecule has 2 fully saturated rings. The van der Waals surface area contributed by atoms with E-state index in [0.29, 0.717) is 5.91 Å². The third-order valence-corrected chi connectivity index (χ3v) is 5.26. The molecule has 1 amide bonds. The van der Waals surface area contributed by atoms with Crippen LogP contribution in [0.15, 0.2) is 24.3 Å². The molecule has 22 heavy (non-hydrogen) atoms. The van der Waals surface area contributed by atoms with Gasteiger partial charge in [0.15, 0.2) is 0 Å². The van der Waals surface area contributed by atoms with Crippen LogP contribution < -0.4 is 5.73 Å². The van der Waals surface area contributed by atoms with Crippen molar-refractivity contribution >= 4 is 18.3 Å². The summed E-state index contributed by atoms with van der Waals surface area (Å²) < 4.78 is 0. The molecule has 0 atom stereocenters. The molecule has 1 saturated carbocycles. The van der Waals surface area contributed by atoms with Crippen molar-refractivity contribution < 1.29 is 4.79 Å². The van der Waals surface area contributed by atoms with E-state index < -0.39 is 0 Å². The predicted octanol–water partition coefficient (Wildman–Crippen LogP) is 3.18. The summed E-state index contributed by atoms with van der Waals surface area (Å²) in [6.07, 6.45) is 6.20. The number of rotatable bonds is 2. The van der Waals surface area contributed by atoms with Gasteiger partial charge in [-0.3, -0.25) is 4.79 Å². The summed E-state index contributed by atoms with van der Waals surface area (Å²) in [5.41, 5.74) is 8.17. The van der Waals surface area contributed by atoms with Gasteiger partial charge in [-0.05, 0) is 38.2 Å². The number of benzene rings is 1. The van der Waals surface area contributed by atoms with E-state index in [2.05, 4.69) is 36.1 Å². The standard InChI is InChI=1S/C18H26N2O.ClH/c1-14-5-4-6-15(13-14)18(9-2-3-10-18)17(21)20-11-7-16(19)8-12-20;/h4-6,13,16H,2-3,7-12,19H2,1H3;1H. The number of carbonyl (C=O) groups is 1. The van der Waals surface area contributed by atoms with Crippen molar-refractivity contribution in [1.29, 1.82) is 0 Å². The molecule has 1 saturated heterocycles. The van der Waals surface area contributed by atoms with Gasteiger partial charge in [0.2, 0.25) is 5.91 Å². The average Bonchev–Trinajstić information content (AvgIpc) is 2.98. The second-order valence-corrected chi connectivity index (χ2v) is 6.79. The van der Waals surface area contributed by atoms with Crippen molar-refractivity contribution in [2.75, 3.05) is 13.1 Å². The fraction of sp³-hybridized carbons (Fsp3) is 0.611. The third-order valence-electron chi connectivity index (χ3n) is 5.26. The minimum absolute atomic E-state index is 0. The fourth-order valence-corrected chi connectivity index (χ4v) is 3.95. The Kier molecular flexibility index (Phi) is 5.51. The van der Waals surface area contributed by atoms with Crippen molar-refractivity contribution in [3.05, 3.63) is 35.4 Å². The van der Waals surface area contributed by atoms with E-state index >= 15 is 0 Å². The molecule has 0 bridgehead atoms. The first-order chi connectivity index (χ1) is 10.1. The number of piperidine rings is 1. The molecule has 4 heteroatoms. The van der Waals surface area contributed by atoms with Gasteiger partial charge in [0.05, 0.1) is 5.41 Å². The first-order valence-corrected chi connectivity index (χ1v) is 8.24. The number of amides is 1. The lowest BCUT2D eigenvalue weighted by atomic mass is 9.76. The highest BCUT2D eigenvalue weighted by Gasteiger charge is 2.45. The lowest BCUT2D eigenvalue weighted by Gasteiger charge is -2.38. The van der Waals surface area contributed by atoms with Crippen molar-refractivity contribution in [3.8, 4) is 0 Å². The van der Waals surface area contributed by atoms with E-state index in [1.165, 1.54) is 11.1 Å². The minimum atomic E-state index is -0.270. The first-order valence-electron chi connectivity index (χ1n) is 8.24. The highest BCUT2D eigenvalue weighted by molar-refractivity contribution is 5.88. The molecule has 1 aromatic carbocycles. The Morgan fingerprint density at radius 3 is 2.45 bits per heavy atom. The zero-order valence-corrected chi connectivity index (χ0v) is 14.2. The van der Waals surface area contributed by atoms with Crippen LogP contribution in [0.2, 0.25) is 0 Å². The average molecular weight is 323 g/mol. The van der Waals surface area contributed by atoms with E-state index in [0.717, 1.165) is 51.6 Å². The van der Waals surface area contributed by atoms with Crippen LogP contribution in [0.5, 0.6) is 0 Å². The summed E-state index contributed by atoms with van der Waals surface area (Å²) >= 11 is 0. The molecule has 1 aliphatic carbocycles. The number of nitrogens with two attached hydrogens (primary N) is 1. The predicted molar refractivity (Wildman–Crippen MR) is 92.4 cm³/mol. The SMILES string of the molecule is Cc1cccc(C2(C(=O)N3CCC(N)CC3)CCCC2)c1.Cl. The molecule has 3 nitrogen and oxygen atoms in total. The number of likely N-dealkylation sites (tertiary alicyclic amines) is 1. The lowest BCUT2D eigenvalue weighted by molar-refractivity contribution is -0.138. The largest absolute Gasteiger partial charge is 0.342 e. The topological polar surface area (TPSA) is 46.3 Å². The van der Waals surface area contributed by atoms with Crippen molar-refractivity contribution in [2.45, 2.75) is 56.9 Å². The molecule has 2 aliphatic rings. The summed E-state index contributed by atoms with van der Waals surface area (Å²) in [4.78, 5) is 15.3. The van der Waals surface area contributed by atoms with Crippen molar-refractivity contribution in [3.63, 3.8) is 0 Å². The third kappa shape index (κ3) is 3.16. The van der Waals surface area contributed by atoms with Crippen LogP contribution in [-0.2, 0) is 10.2 Å². The molecule has 0 radical (unpaired) electrons. The van der Waals surface area contributed by atoms with Crippen LogP contribution in [-0.4, -0.2) is 29.9 Å². The summed E-state index contributed by atoms with van der Waals surface area (Å²) in [5.74, 6) is 0.345. The number of hydrogen-bond acceptors (Lipinski definition) is 2. The maximum atomic E-state index is 13.2. The molecular formula is C18H27ClN2O. The Hall–Kier alpha value is -1.06. The van der Waals surface area contributed by atoms with Crippen LogP contribution in [0.3, 0.4) is 0 Å².